The predicted molar refractivity (Wildman–Crippen MR) is 97.0 cm³/mol. The molecule has 1 aliphatic carbocycles. The highest BCUT2D eigenvalue weighted by Crippen LogP contribution is 2.32. The Morgan fingerprint density at radius 3 is 2.69 bits per heavy atom. The van der Waals surface area contributed by atoms with Crippen LogP contribution in [0.3, 0.4) is 0 Å². The van der Waals surface area contributed by atoms with Crippen LogP contribution in [-0.2, 0) is 11.3 Å². The molecule has 1 aliphatic heterocycles. The highest BCUT2D eigenvalue weighted by molar-refractivity contribution is 5.96. The largest absolute Gasteiger partial charge is 0.454 e. The fourth-order valence-corrected chi connectivity index (χ4v) is 3.35. The summed E-state index contributed by atoms with van der Waals surface area (Å²) in [5.41, 5.74) is 1.02. The Hall–Kier alpha value is -2.28. The summed E-state index contributed by atoms with van der Waals surface area (Å²) in [6.07, 6.45) is 5.46. The molecule has 3 rings (SSSR count). The maximum absolute atomic E-state index is 12.4. The molecule has 142 valence electrons. The van der Waals surface area contributed by atoms with E-state index in [-0.39, 0.29) is 18.7 Å². The average Bonchev–Trinajstić information content (AvgIpc) is 3.09. The van der Waals surface area contributed by atoms with Gasteiger partial charge in [0.25, 0.3) is 0 Å². The SMILES string of the molecule is CC(C(=O)NC(=O)NC1CCCCC1)N(C)Cc1ccc2c(c1)OCO2. The zero-order valence-corrected chi connectivity index (χ0v) is 15.4. The van der Waals surface area contributed by atoms with Crippen LogP contribution in [0.5, 0.6) is 11.5 Å². The fraction of sp³-hybridized carbons (Fsp3) is 0.579. The number of carbonyl (C=O) groups is 2. The van der Waals surface area contributed by atoms with Gasteiger partial charge in [-0.25, -0.2) is 4.79 Å². The number of amides is 3. The number of hydrogen-bond acceptors (Lipinski definition) is 5. The van der Waals surface area contributed by atoms with Crippen LogP contribution in [0, 0.1) is 0 Å². The summed E-state index contributed by atoms with van der Waals surface area (Å²) in [7, 11) is 1.86. The smallest absolute Gasteiger partial charge is 0.321 e. The van der Waals surface area contributed by atoms with E-state index < -0.39 is 12.1 Å². The average molecular weight is 361 g/mol. The first-order chi connectivity index (χ1) is 12.5. The molecule has 26 heavy (non-hydrogen) atoms. The Morgan fingerprint density at radius 1 is 1.19 bits per heavy atom. The van der Waals surface area contributed by atoms with E-state index in [4.69, 9.17) is 9.47 Å². The van der Waals surface area contributed by atoms with Crippen LogP contribution in [0.2, 0.25) is 0 Å². The minimum Gasteiger partial charge on any atom is -0.454 e. The third-order valence-corrected chi connectivity index (χ3v) is 5.09. The van der Waals surface area contributed by atoms with Gasteiger partial charge in [-0.15, -0.1) is 0 Å². The zero-order chi connectivity index (χ0) is 18.5. The molecule has 0 spiro atoms. The lowest BCUT2D eigenvalue weighted by Gasteiger charge is -2.25. The van der Waals surface area contributed by atoms with E-state index in [1.165, 1.54) is 6.42 Å². The second-order valence-electron chi connectivity index (χ2n) is 7.08. The van der Waals surface area contributed by atoms with E-state index in [2.05, 4.69) is 10.6 Å². The summed E-state index contributed by atoms with van der Waals surface area (Å²) in [6.45, 7) is 2.59. The number of ether oxygens (including phenoxy) is 2. The molecule has 7 heteroatoms. The summed E-state index contributed by atoms with van der Waals surface area (Å²) >= 11 is 0. The highest BCUT2D eigenvalue weighted by Gasteiger charge is 2.23. The van der Waals surface area contributed by atoms with E-state index in [9.17, 15) is 9.59 Å². The Bertz CT molecular complexity index is 658. The Balaban J connectivity index is 1.48. The van der Waals surface area contributed by atoms with E-state index in [0.717, 1.165) is 42.7 Å². The molecule has 1 heterocycles. The molecule has 2 N–H and O–H groups in total. The summed E-state index contributed by atoms with van der Waals surface area (Å²) < 4.78 is 10.7. The molecule has 3 amide bonds. The van der Waals surface area contributed by atoms with E-state index >= 15 is 0 Å². The van der Waals surface area contributed by atoms with Crippen LogP contribution in [-0.4, -0.2) is 42.8 Å². The normalized spacial score (nSPS) is 17.8. The monoisotopic (exact) mass is 361 g/mol. The van der Waals surface area contributed by atoms with Gasteiger partial charge in [0.05, 0.1) is 6.04 Å². The number of nitrogens with one attached hydrogen (secondary N) is 2. The van der Waals surface area contributed by atoms with Gasteiger partial charge in [-0.05, 0) is 44.5 Å². The van der Waals surface area contributed by atoms with Crippen molar-refractivity contribution in [3.63, 3.8) is 0 Å². The number of urea groups is 1. The van der Waals surface area contributed by atoms with Gasteiger partial charge in [0.15, 0.2) is 11.5 Å². The van der Waals surface area contributed by atoms with Crippen molar-refractivity contribution in [3.05, 3.63) is 23.8 Å². The van der Waals surface area contributed by atoms with Crippen LogP contribution >= 0.6 is 0 Å². The second-order valence-corrected chi connectivity index (χ2v) is 7.08. The lowest BCUT2D eigenvalue weighted by atomic mass is 9.96. The van der Waals surface area contributed by atoms with Crippen molar-refractivity contribution in [1.82, 2.24) is 15.5 Å². The van der Waals surface area contributed by atoms with Gasteiger partial charge in [-0.1, -0.05) is 25.3 Å². The minimum absolute atomic E-state index is 0.179. The molecule has 2 aliphatic rings. The number of fused-ring (bicyclic) bond motifs is 1. The summed E-state index contributed by atoms with van der Waals surface area (Å²) in [5.74, 6) is 1.16. The highest BCUT2D eigenvalue weighted by atomic mass is 16.7. The van der Waals surface area contributed by atoms with Gasteiger partial charge in [0.2, 0.25) is 12.7 Å². The molecule has 1 saturated carbocycles. The minimum atomic E-state index is -0.433. The Labute approximate surface area is 154 Å². The molecule has 1 aromatic rings. The molecular weight excluding hydrogens is 334 g/mol. The number of rotatable bonds is 5. The van der Waals surface area contributed by atoms with Crippen LogP contribution < -0.4 is 20.1 Å². The van der Waals surface area contributed by atoms with Crippen molar-refractivity contribution >= 4 is 11.9 Å². The van der Waals surface area contributed by atoms with Gasteiger partial charge in [-0.2, -0.15) is 0 Å². The summed E-state index contributed by atoms with van der Waals surface area (Å²) in [6, 6.07) is 5.08. The molecule has 0 bridgehead atoms. The van der Waals surface area contributed by atoms with Gasteiger partial charge in [0.1, 0.15) is 0 Å². The number of carbonyl (C=O) groups excluding carboxylic acids is 2. The Morgan fingerprint density at radius 2 is 1.92 bits per heavy atom. The molecule has 0 radical (unpaired) electrons. The molecule has 1 fully saturated rings. The summed E-state index contributed by atoms with van der Waals surface area (Å²) in [5, 5.41) is 5.36. The van der Waals surface area contributed by atoms with Gasteiger partial charge >= 0.3 is 6.03 Å². The maximum Gasteiger partial charge on any atom is 0.321 e. The van der Waals surface area contributed by atoms with Crippen LogP contribution in [0.4, 0.5) is 4.79 Å². The first kappa shape index (κ1) is 18.5. The van der Waals surface area contributed by atoms with Crippen molar-refractivity contribution in [1.29, 1.82) is 0 Å². The number of likely N-dealkylation sites (N-methyl/N-ethyl adjacent to an activating group) is 1. The van der Waals surface area contributed by atoms with Crippen molar-refractivity contribution in [2.45, 2.75) is 57.7 Å². The second kappa shape index (κ2) is 8.40. The lowest BCUT2D eigenvalue weighted by Crippen LogP contribution is -2.50. The Kier molecular flexibility index (Phi) is 5.98. The molecular formula is C19H27N3O4. The first-order valence-electron chi connectivity index (χ1n) is 9.23. The van der Waals surface area contributed by atoms with Gasteiger partial charge < -0.3 is 14.8 Å². The zero-order valence-electron chi connectivity index (χ0n) is 15.4. The third kappa shape index (κ3) is 4.66. The summed E-state index contributed by atoms with van der Waals surface area (Å²) in [4.78, 5) is 26.3. The van der Waals surface area contributed by atoms with Gasteiger partial charge in [0, 0.05) is 12.6 Å². The standard InChI is InChI=1S/C19H27N3O4/c1-13(18(23)21-19(24)20-15-6-4-3-5-7-15)22(2)11-14-8-9-16-17(10-14)26-12-25-16/h8-10,13,15H,3-7,11-12H2,1-2H3,(H2,20,21,23,24). The van der Waals surface area contributed by atoms with Crippen molar-refractivity contribution in [2.75, 3.05) is 13.8 Å². The van der Waals surface area contributed by atoms with E-state index in [1.807, 2.05) is 30.1 Å². The molecule has 0 aromatic heterocycles. The number of hydrogen-bond donors (Lipinski definition) is 2. The van der Waals surface area contributed by atoms with Crippen LogP contribution in [0.1, 0.15) is 44.6 Å². The topological polar surface area (TPSA) is 79.9 Å². The van der Waals surface area contributed by atoms with Crippen LogP contribution in [0.15, 0.2) is 18.2 Å². The molecule has 1 atom stereocenters. The molecule has 1 unspecified atom stereocenters. The number of imide groups is 1. The quantitative estimate of drug-likeness (QED) is 0.842. The first-order valence-corrected chi connectivity index (χ1v) is 9.23. The van der Waals surface area contributed by atoms with E-state index in [1.54, 1.807) is 6.92 Å². The molecule has 7 nitrogen and oxygen atoms in total. The lowest BCUT2D eigenvalue weighted by molar-refractivity contribution is -0.124. The third-order valence-electron chi connectivity index (χ3n) is 5.09. The van der Waals surface area contributed by atoms with Crippen molar-refractivity contribution in [3.8, 4) is 11.5 Å². The van der Waals surface area contributed by atoms with Crippen molar-refractivity contribution < 1.29 is 19.1 Å². The fourth-order valence-electron chi connectivity index (χ4n) is 3.35. The van der Waals surface area contributed by atoms with Crippen molar-refractivity contribution in [2.24, 2.45) is 0 Å². The van der Waals surface area contributed by atoms with Gasteiger partial charge in [-0.3, -0.25) is 15.0 Å². The van der Waals surface area contributed by atoms with Crippen LogP contribution in [0.25, 0.3) is 0 Å². The number of benzene rings is 1. The molecule has 1 aromatic carbocycles. The number of nitrogens with zero attached hydrogens (tertiary/aromatic N) is 1. The van der Waals surface area contributed by atoms with E-state index in [0.29, 0.717) is 6.54 Å². The molecule has 0 saturated heterocycles. The predicted octanol–water partition coefficient (Wildman–Crippen LogP) is 2.39. The maximum atomic E-state index is 12.4.